The van der Waals surface area contributed by atoms with E-state index in [2.05, 4.69) is 11.4 Å². The highest BCUT2D eigenvalue weighted by Crippen LogP contribution is 2.41. The number of carbonyl (C=O) groups is 2. The van der Waals surface area contributed by atoms with Gasteiger partial charge < -0.3 is 24.3 Å². The minimum absolute atomic E-state index is 0.0700. The average Bonchev–Trinajstić information content (AvgIpc) is 3.86. The van der Waals surface area contributed by atoms with Crippen molar-refractivity contribution >= 4 is 17.8 Å². The lowest BCUT2D eigenvalue weighted by molar-refractivity contribution is -0.124. The lowest BCUT2D eigenvalue weighted by Gasteiger charge is -2.35. The van der Waals surface area contributed by atoms with Gasteiger partial charge in [-0.25, -0.2) is 14.8 Å². The Morgan fingerprint density at radius 2 is 1.76 bits per heavy atom. The van der Waals surface area contributed by atoms with Crippen molar-refractivity contribution in [3.63, 3.8) is 0 Å². The SMILES string of the molecule is CCC(O)C(C)NC(=O)O[C@H]1CC[C@H](C(=O)N(C[C@H]2CC[C@H](c3ccc(OC)c(C)n3)CC2)c2cc(-c3coc(C4CC4)n3)ccn2)CC1. The predicted molar refractivity (Wildman–Crippen MR) is 185 cm³/mol. The molecule has 6 rings (SSSR count). The molecule has 3 saturated carbocycles. The Balaban J connectivity index is 1.13. The maximum absolute atomic E-state index is 14.4. The van der Waals surface area contributed by atoms with E-state index in [4.69, 9.17) is 28.8 Å². The number of aryl methyl sites for hydroxylation is 1. The lowest BCUT2D eigenvalue weighted by Crippen LogP contribution is -2.44. The Kier molecular flexibility index (Phi) is 11.2. The Morgan fingerprint density at radius 3 is 2.43 bits per heavy atom. The first-order valence-corrected chi connectivity index (χ1v) is 18.1. The molecule has 3 aliphatic rings. The van der Waals surface area contributed by atoms with Crippen LogP contribution < -0.4 is 15.0 Å². The fourth-order valence-corrected chi connectivity index (χ4v) is 7.34. The van der Waals surface area contributed by atoms with Gasteiger partial charge in [-0.2, -0.15) is 0 Å². The number of hydrogen-bond acceptors (Lipinski definition) is 9. The molecule has 264 valence electrons. The van der Waals surface area contributed by atoms with E-state index >= 15 is 0 Å². The van der Waals surface area contributed by atoms with E-state index < -0.39 is 18.2 Å². The molecule has 0 aromatic carbocycles. The number of hydrogen-bond donors (Lipinski definition) is 2. The van der Waals surface area contributed by atoms with Crippen LogP contribution in [0.4, 0.5) is 10.6 Å². The Labute approximate surface area is 289 Å². The first-order chi connectivity index (χ1) is 23.7. The van der Waals surface area contributed by atoms with E-state index in [-0.39, 0.29) is 17.9 Å². The summed E-state index contributed by atoms with van der Waals surface area (Å²) in [6, 6.07) is 7.59. The molecule has 0 spiro atoms. The molecular formula is C38H51N5O6. The van der Waals surface area contributed by atoms with Crippen LogP contribution in [0, 0.1) is 18.8 Å². The molecule has 2 amide bonds. The third kappa shape index (κ3) is 8.60. The molecule has 3 heterocycles. The number of oxazole rings is 1. The molecule has 2 unspecified atom stereocenters. The Morgan fingerprint density at radius 1 is 1.02 bits per heavy atom. The van der Waals surface area contributed by atoms with Gasteiger partial charge in [0, 0.05) is 41.8 Å². The van der Waals surface area contributed by atoms with E-state index in [1.54, 1.807) is 26.5 Å². The second-order valence-corrected chi connectivity index (χ2v) is 14.2. The number of aliphatic hydroxyl groups excluding tert-OH is 1. The van der Waals surface area contributed by atoms with E-state index in [1.807, 2.05) is 36.9 Å². The van der Waals surface area contributed by atoms with E-state index in [0.29, 0.717) is 62.2 Å². The highest BCUT2D eigenvalue weighted by molar-refractivity contribution is 5.94. The topological polar surface area (TPSA) is 140 Å². The minimum Gasteiger partial charge on any atom is -0.495 e. The van der Waals surface area contributed by atoms with Gasteiger partial charge in [-0.15, -0.1) is 0 Å². The summed E-state index contributed by atoms with van der Waals surface area (Å²) < 4.78 is 16.9. The zero-order chi connectivity index (χ0) is 34.5. The summed E-state index contributed by atoms with van der Waals surface area (Å²) in [7, 11) is 1.67. The van der Waals surface area contributed by atoms with Crippen molar-refractivity contribution < 1.29 is 28.6 Å². The zero-order valence-corrected chi connectivity index (χ0v) is 29.3. The zero-order valence-electron chi connectivity index (χ0n) is 29.3. The minimum atomic E-state index is -0.623. The number of aromatic nitrogens is 3. The molecule has 2 N–H and O–H groups in total. The van der Waals surface area contributed by atoms with Crippen molar-refractivity contribution in [1.82, 2.24) is 20.3 Å². The lowest BCUT2D eigenvalue weighted by atomic mass is 9.79. The van der Waals surface area contributed by atoms with Gasteiger partial charge in [-0.05, 0) is 115 Å². The van der Waals surface area contributed by atoms with Crippen LogP contribution in [0.1, 0.15) is 114 Å². The predicted octanol–water partition coefficient (Wildman–Crippen LogP) is 7.08. The van der Waals surface area contributed by atoms with Crippen molar-refractivity contribution in [3.05, 3.63) is 54.0 Å². The summed E-state index contributed by atoms with van der Waals surface area (Å²) in [5.74, 6) is 3.24. The van der Waals surface area contributed by atoms with Crippen LogP contribution in [0.5, 0.6) is 5.75 Å². The molecule has 0 radical (unpaired) electrons. The monoisotopic (exact) mass is 673 g/mol. The summed E-state index contributed by atoms with van der Waals surface area (Å²) in [6.07, 6.45) is 11.3. The smallest absolute Gasteiger partial charge is 0.407 e. The number of amides is 2. The van der Waals surface area contributed by atoms with E-state index in [9.17, 15) is 14.7 Å². The van der Waals surface area contributed by atoms with Gasteiger partial charge in [0.1, 0.15) is 29.6 Å². The molecule has 0 bridgehead atoms. The first kappa shape index (κ1) is 34.9. The molecule has 3 fully saturated rings. The second-order valence-electron chi connectivity index (χ2n) is 14.2. The number of pyridine rings is 2. The highest BCUT2D eigenvalue weighted by atomic mass is 16.6. The Bertz CT molecular complexity index is 1570. The average molecular weight is 674 g/mol. The fourth-order valence-electron chi connectivity index (χ4n) is 7.34. The third-order valence-electron chi connectivity index (χ3n) is 10.7. The third-order valence-corrected chi connectivity index (χ3v) is 10.7. The maximum atomic E-state index is 14.4. The molecule has 49 heavy (non-hydrogen) atoms. The number of ether oxygens (including phenoxy) is 2. The number of nitrogens with zero attached hydrogens (tertiary/aromatic N) is 4. The van der Waals surface area contributed by atoms with Gasteiger partial charge in [0.15, 0.2) is 5.89 Å². The molecule has 11 nitrogen and oxygen atoms in total. The van der Waals surface area contributed by atoms with Crippen LogP contribution in [0.15, 0.2) is 41.1 Å². The van der Waals surface area contributed by atoms with Crippen molar-refractivity contribution in [3.8, 4) is 17.0 Å². The second kappa shape index (κ2) is 15.7. The van der Waals surface area contributed by atoms with E-state index in [0.717, 1.165) is 72.8 Å². The number of alkyl carbamates (subject to hydrolysis) is 1. The van der Waals surface area contributed by atoms with Crippen LogP contribution in [0.25, 0.3) is 11.3 Å². The van der Waals surface area contributed by atoms with Crippen LogP contribution in [0.2, 0.25) is 0 Å². The number of nitrogens with one attached hydrogen (secondary N) is 1. The largest absolute Gasteiger partial charge is 0.495 e. The van der Waals surface area contributed by atoms with E-state index in [1.165, 1.54) is 0 Å². The number of carbonyl (C=O) groups excluding carboxylic acids is 2. The van der Waals surface area contributed by atoms with Crippen LogP contribution in [-0.2, 0) is 9.53 Å². The number of methoxy groups -OCH3 is 1. The summed E-state index contributed by atoms with van der Waals surface area (Å²) in [5, 5.41) is 12.7. The quantitative estimate of drug-likeness (QED) is 0.206. The maximum Gasteiger partial charge on any atom is 0.407 e. The Hall–Kier alpha value is -3.99. The molecule has 3 aromatic heterocycles. The number of aliphatic hydroxyl groups is 1. The molecule has 3 aromatic rings. The van der Waals surface area contributed by atoms with Gasteiger partial charge >= 0.3 is 6.09 Å². The van der Waals surface area contributed by atoms with Crippen LogP contribution >= 0.6 is 0 Å². The van der Waals surface area contributed by atoms with Crippen LogP contribution in [0.3, 0.4) is 0 Å². The van der Waals surface area contributed by atoms with Crippen molar-refractivity contribution in [1.29, 1.82) is 0 Å². The summed E-state index contributed by atoms with van der Waals surface area (Å²) in [5.41, 5.74) is 3.67. The standard InChI is InChI=1S/C38H51N5O6/c1-5-33(44)23(2)41-38(46)49-30-14-12-28(13-15-30)37(45)43(35-20-29(18-19-39-35)32-22-48-36(42-32)27-10-11-27)21-25-6-8-26(9-7-25)31-16-17-34(47-4)24(3)40-31/h16-20,22-23,25-28,30,33,44H,5-15,21H2,1-4H3,(H,41,46)/t23?,25-,26-,28-,30-,33?. The number of rotatable bonds is 12. The fraction of sp³-hybridized carbons (Fsp3) is 0.605. The normalized spacial score (nSPS) is 23.7. The number of anilines is 1. The van der Waals surface area contributed by atoms with Gasteiger partial charge in [0.2, 0.25) is 5.91 Å². The van der Waals surface area contributed by atoms with Crippen molar-refractivity contribution in [2.24, 2.45) is 11.8 Å². The van der Waals surface area contributed by atoms with Gasteiger partial charge in [0.25, 0.3) is 0 Å². The van der Waals surface area contributed by atoms with Crippen LogP contribution in [-0.4, -0.2) is 64.0 Å². The molecular weight excluding hydrogens is 622 g/mol. The molecule has 11 heteroatoms. The van der Waals surface area contributed by atoms with Gasteiger partial charge in [-0.1, -0.05) is 6.92 Å². The van der Waals surface area contributed by atoms with Crippen molar-refractivity contribution in [2.75, 3.05) is 18.6 Å². The molecule has 0 saturated heterocycles. The first-order valence-electron chi connectivity index (χ1n) is 18.1. The summed E-state index contributed by atoms with van der Waals surface area (Å²) >= 11 is 0. The van der Waals surface area contributed by atoms with Gasteiger partial charge in [0.05, 0.1) is 24.9 Å². The highest BCUT2D eigenvalue weighted by Gasteiger charge is 2.35. The summed E-state index contributed by atoms with van der Waals surface area (Å²) in [6.45, 7) is 6.21. The molecule has 0 aliphatic heterocycles. The summed E-state index contributed by atoms with van der Waals surface area (Å²) in [4.78, 5) is 43.0. The molecule has 3 aliphatic carbocycles. The van der Waals surface area contributed by atoms with Gasteiger partial charge in [-0.3, -0.25) is 14.7 Å². The molecule has 2 atom stereocenters. The van der Waals surface area contributed by atoms with Crippen molar-refractivity contribution in [2.45, 2.75) is 121 Å².